The number of aromatic nitrogens is 3. The van der Waals surface area contributed by atoms with Crippen LogP contribution < -0.4 is 10.6 Å². The van der Waals surface area contributed by atoms with Crippen molar-refractivity contribution in [1.29, 1.82) is 0 Å². The molecule has 0 aliphatic rings. The minimum Gasteiger partial charge on any atom is -0.356 e. The van der Waals surface area contributed by atoms with Crippen LogP contribution in [0.15, 0.2) is 34.6 Å². The zero-order valence-electron chi connectivity index (χ0n) is 16.0. The zero-order chi connectivity index (χ0) is 18.4. The Morgan fingerprint density at radius 1 is 1.22 bits per heavy atom. The quantitative estimate of drug-likeness (QED) is 0.226. The summed E-state index contributed by atoms with van der Waals surface area (Å²) in [5.74, 6) is 1.87. The Bertz CT molecular complexity index is 885. The highest BCUT2D eigenvalue weighted by atomic mass is 127. The number of halogens is 1. The van der Waals surface area contributed by atoms with Crippen LogP contribution in [0, 0.1) is 6.92 Å². The van der Waals surface area contributed by atoms with E-state index in [9.17, 15) is 0 Å². The van der Waals surface area contributed by atoms with Crippen molar-refractivity contribution in [2.45, 2.75) is 39.8 Å². The molecule has 2 aromatic heterocycles. The van der Waals surface area contributed by atoms with Gasteiger partial charge in [-0.2, -0.15) is 0 Å². The van der Waals surface area contributed by atoms with Crippen molar-refractivity contribution in [2.75, 3.05) is 13.6 Å². The largest absolute Gasteiger partial charge is 0.356 e. The fraction of sp³-hybridized carbons (Fsp3) is 0.421. The van der Waals surface area contributed by atoms with Crippen molar-refractivity contribution < 1.29 is 0 Å². The van der Waals surface area contributed by atoms with Gasteiger partial charge in [-0.05, 0) is 31.9 Å². The maximum atomic E-state index is 4.62. The second kappa shape index (κ2) is 10.6. The molecule has 3 aromatic rings. The first kappa shape index (κ1) is 21.6. The number of nitrogens with zero attached hydrogens (tertiary/aromatic N) is 4. The van der Waals surface area contributed by atoms with Crippen molar-refractivity contribution >= 4 is 52.3 Å². The molecule has 0 atom stereocenters. The fourth-order valence-corrected chi connectivity index (χ4v) is 3.65. The summed E-state index contributed by atoms with van der Waals surface area (Å²) in [5, 5.41) is 9.97. The third-order valence-corrected chi connectivity index (χ3v) is 5.30. The summed E-state index contributed by atoms with van der Waals surface area (Å²) in [6.45, 7) is 6.67. The van der Waals surface area contributed by atoms with Crippen LogP contribution >= 0.6 is 35.3 Å². The van der Waals surface area contributed by atoms with Crippen LogP contribution in [-0.2, 0) is 19.5 Å². The molecule has 3 rings (SSSR count). The topological polar surface area (TPSA) is 67.1 Å². The van der Waals surface area contributed by atoms with Crippen molar-refractivity contribution in [3.63, 3.8) is 0 Å². The summed E-state index contributed by atoms with van der Waals surface area (Å²) < 4.78 is 2.27. The Hall–Kier alpha value is -1.68. The van der Waals surface area contributed by atoms with Gasteiger partial charge >= 0.3 is 0 Å². The minimum atomic E-state index is 0. The third kappa shape index (κ3) is 5.65. The van der Waals surface area contributed by atoms with E-state index in [-0.39, 0.29) is 24.0 Å². The van der Waals surface area contributed by atoms with E-state index in [1.165, 1.54) is 10.5 Å². The number of nitrogens with one attached hydrogen (secondary N) is 2. The Kier molecular flexibility index (Phi) is 8.49. The summed E-state index contributed by atoms with van der Waals surface area (Å²) >= 11 is 1.71. The van der Waals surface area contributed by atoms with E-state index >= 15 is 0 Å². The molecule has 8 heteroatoms. The van der Waals surface area contributed by atoms with Gasteiger partial charge in [0.15, 0.2) is 5.96 Å². The number of rotatable bonds is 7. The molecule has 0 aliphatic heterocycles. The lowest BCUT2D eigenvalue weighted by Gasteiger charge is -2.12. The summed E-state index contributed by atoms with van der Waals surface area (Å²) in [4.78, 5) is 13.5. The molecule has 2 N–H and O–H groups in total. The van der Waals surface area contributed by atoms with E-state index in [2.05, 4.69) is 67.6 Å². The third-order valence-electron chi connectivity index (χ3n) is 4.26. The van der Waals surface area contributed by atoms with Crippen LogP contribution in [0.1, 0.15) is 29.9 Å². The number of fused-ring (bicyclic) bond motifs is 1. The molecule has 0 amide bonds. The molecule has 0 aliphatic carbocycles. The number of imidazole rings is 1. The minimum absolute atomic E-state index is 0. The van der Waals surface area contributed by atoms with E-state index in [0.717, 1.165) is 48.9 Å². The van der Waals surface area contributed by atoms with Gasteiger partial charge in [0.25, 0.3) is 0 Å². The molecular formula is C19H27IN6S. The van der Waals surface area contributed by atoms with Gasteiger partial charge in [-0.15, -0.1) is 35.3 Å². The maximum Gasteiger partial charge on any atom is 0.191 e. The van der Waals surface area contributed by atoms with Gasteiger partial charge in [0.1, 0.15) is 5.82 Å². The first-order chi connectivity index (χ1) is 12.7. The molecule has 27 heavy (non-hydrogen) atoms. The van der Waals surface area contributed by atoms with Crippen LogP contribution in [0.4, 0.5) is 0 Å². The van der Waals surface area contributed by atoms with Gasteiger partial charge in [-0.25, -0.2) is 9.97 Å². The number of hydrogen-bond donors (Lipinski definition) is 2. The standard InChI is InChI=1S/C19H26N6S.HI/c1-4-18-24-15(13-26-18)12-22-19(20-3)21-10-7-11-25-14(2)23-16-8-5-6-9-17(16)25;/h5-6,8-9,13H,4,7,10-12H2,1-3H3,(H2,20,21,22);1H. The summed E-state index contributed by atoms with van der Waals surface area (Å²) in [6, 6.07) is 8.28. The number of aryl methyl sites for hydroxylation is 3. The molecule has 0 fully saturated rings. The van der Waals surface area contributed by atoms with Crippen LogP contribution in [0.3, 0.4) is 0 Å². The number of para-hydroxylation sites is 2. The number of aliphatic imine (C=N–C) groups is 1. The van der Waals surface area contributed by atoms with Crippen LogP contribution in [0.2, 0.25) is 0 Å². The number of thiazole rings is 1. The molecule has 0 spiro atoms. The Morgan fingerprint density at radius 3 is 2.78 bits per heavy atom. The van der Waals surface area contributed by atoms with Gasteiger partial charge in [0.2, 0.25) is 0 Å². The summed E-state index contributed by atoms with van der Waals surface area (Å²) in [5.41, 5.74) is 3.32. The summed E-state index contributed by atoms with van der Waals surface area (Å²) in [7, 11) is 1.79. The monoisotopic (exact) mass is 498 g/mol. The van der Waals surface area contributed by atoms with Crippen molar-refractivity contribution in [3.05, 3.63) is 46.2 Å². The maximum absolute atomic E-state index is 4.62. The lowest BCUT2D eigenvalue weighted by atomic mass is 10.3. The van der Waals surface area contributed by atoms with Crippen LogP contribution in [0.25, 0.3) is 11.0 Å². The molecule has 0 bridgehead atoms. The van der Waals surface area contributed by atoms with Crippen LogP contribution in [-0.4, -0.2) is 34.1 Å². The van der Waals surface area contributed by atoms with Gasteiger partial charge in [-0.1, -0.05) is 19.1 Å². The predicted octanol–water partition coefficient (Wildman–Crippen LogP) is 3.74. The number of benzene rings is 1. The van der Waals surface area contributed by atoms with E-state index in [1.54, 1.807) is 18.4 Å². The molecular weight excluding hydrogens is 471 g/mol. The van der Waals surface area contributed by atoms with Crippen molar-refractivity contribution in [2.24, 2.45) is 4.99 Å². The second-order valence-corrected chi connectivity index (χ2v) is 7.03. The van der Waals surface area contributed by atoms with Crippen molar-refractivity contribution in [3.8, 4) is 0 Å². The number of guanidine groups is 1. The summed E-state index contributed by atoms with van der Waals surface area (Å²) in [6.07, 6.45) is 1.98. The molecule has 0 radical (unpaired) electrons. The van der Waals surface area contributed by atoms with Gasteiger partial charge in [0.05, 0.1) is 28.3 Å². The zero-order valence-corrected chi connectivity index (χ0v) is 19.2. The van der Waals surface area contributed by atoms with Gasteiger partial charge in [0, 0.05) is 25.5 Å². The van der Waals surface area contributed by atoms with Crippen molar-refractivity contribution in [1.82, 2.24) is 25.2 Å². The average Bonchev–Trinajstić information content (AvgIpc) is 3.25. The van der Waals surface area contributed by atoms with Gasteiger partial charge < -0.3 is 15.2 Å². The Balaban J connectivity index is 0.00000261. The highest BCUT2D eigenvalue weighted by Crippen LogP contribution is 2.15. The van der Waals surface area contributed by atoms with E-state index in [4.69, 9.17) is 0 Å². The second-order valence-electron chi connectivity index (χ2n) is 6.09. The molecule has 0 saturated carbocycles. The van der Waals surface area contributed by atoms with Crippen LogP contribution in [0.5, 0.6) is 0 Å². The highest BCUT2D eigenvalue weighted by molar-refractivity contribution is 14.0. The smallest absolute Gasteiger partial charge is 0.191 e. The predicted molar refractivity (Wildman–Crippen MR) is 124 cm³/mol. The fourth-order valence-electron chi connectivity index (χ4n) is 2.91. The SMILES string of the molecule is CCc1nc(CNC(=NC)NCCCn2c(C)nc3ccccc32)cs1.I. The molecule has 0 saturated heterocycles. The average molecular weight is 498 g/mol. The lowest BCUT2D eigenvalue weighted by molar-refractivity contribution is 0.624. The highest BCUT2D eigenvalue weighted by Gasteiger charge is 2.06. The molecule has 146 valence electrons. The Labute approximate surface area is 181 Å². The molecule has 0 unspecified atom stereocenters. The van der Waals surface area contributed by atoms with E-state index in [1.807, 2.05) is 6.07 Å². The lowest BCUT2D eigenvalue weighted by Crippen LogP contribution is -2.37. The normalized spacial score (nSPS) is 11.4. The van der Waals surface area contributed by atoms with E-state index < -0.39 is 0 Å². The number of hydrogen-bond acceptors (Lipinski definition) is 4. The Morgan fingerprint density at radius 2 is 2.04 bits per heavy atom. The first-order valence-corrected chi connectivity index (χ1v) is 9.89. The molecule has 6 nitrogen and oxygen atoms in total. The van der Waals surface area contributed by atoms with E-state index in [0.29, 0.717) is 6.54 Å². The first-order valence-electron chi connectivity index (χ1n) is 9.01. The molecule has 1 aromatic carbocycles. The van der Waals surface area contributed by atoms with Gasteiger partial charge in [-0.3, -0.25) is 4.99 Å². The molecule has 2 heterocycles.